The Hall–Kier alpha value is 4.25. The zero-order valence-electron chi connectivity index (χ0n) is 14.2. The van der Waals surface area contributed by atoms with E-state index < -0.39 is 54.7 Å². The summed E-state index contributed by atoms with van der Waals surface area (Å²) in [6, 6.07) is 0. The summed E-state index contributed by atoms with van der Waals surface area (Å²) in [7, 11) is -16.9. The van der Waals surface area contributed by atoms with Crippen LogP contribution in [-0.2, 0) is 31.8 Å². The van der Waals surface area contributed by atoms with Gasteiger partial charge in [-0.2, -0.15) is 0 Å². The normalized spacial score (nSPS) is 29.7. The molecular formula is C5H9Na4O14P3. The summed E-state index contributed by atoms with van der Waals surface area (Å²) in [5.74, 6) is 0. The first kappa shape index (κ1) is 37.6. The van der Waals surface area contributed by atoms with E-state index in [2.05, 4.69) is 18.1 Å². The number of aliphatic hydroxyl groups is 2. The van der Waals surface area contributed by atoms with Crippen molar-refractivity contribution in [2.45, 2.75) is 24.6 Å². The van der Waals surface area contributed by atoms with Crippen molar-refractivity contribution in [1.82, 2.24) is 0 Å². The summed E-state index contributed by atoms with van der Waals surface area (Å²) in [5.41, 5.74) is 0. The molecule has 0 bridgehead atoms. The number of hydrogen-bond acceptors (Lipinski definition) is 13. The molecule has 0 aromatic carbocycles. The standard InChI is InChI=1S/C5H13O14P3.4Na/c6-3-2(1-16-20(8,9)10)17-5(4(3)7)18-22(14,15)19-21(11,12)13;;;;/h2-7H,1H2,(H,14,15)(H2,8,9,10)(H2,11,12,13);;;;/q;4*+1/p-4/t2-,3-,4-,5?;;;;/m1..../s1. The summed E-state index contributed by atoms with van der Waals surface area (Å²) in [4.78, 5) is 50.1. The third-order valence-corrected chi connectivity index (χ3v) is 4.69. The zero-order valence-corrected chi connectivity index (χ0v) is 24.9. The molecule has 0 amide bonds. The van der Waals surface area contributed by atoms with Crippen molar-refractivity contribution in [1.29, 1.82) is 0 Å². The summed E-state index contributed by atoms with van der Waals surface area (Å²) >= 11 is 0. The first-order valence-electron chi connectivity index (χ1n) is 5.13. The number of phosphoric acid groups is 3. The third-order valence-electron chi connectivity index (χ3n) is 2.15. The monoisotopic (exact) mass is 478 g/mol. The average Bonchev–Trinajstić information content (AvgIpc) is 2.49. The Kier molecular flexibility index (Phi) is 21.9. The first-order chi connectivity index (χ1) is 9.70. The maximum absolute atomic E-state index is 11.1. The smallest absolute Gasteiger partial charge is 0.790 e. The van der Waals surface area contributed by atoms with E-state index in [1.54, 1.807) is 0 Å². The van der Waals surface area contributed by atoms with Gasteiger partial charge in [-0.15, -0.1) is 0 Å². The van der Waals surface area contributed by atoms with E-state index in [1.165, 1.54) is 0 Å². The van der Waals surface area contributed by atoms with Crippen molar-refractivity contribution in [2.24, 2.45) is 0 Å². The topological polar surface area (TPSA) is 241 Å². The quantitative estimate of drug-likeness (QED) is 0.227. The minimum atomic E-state index is -5.97. The summed E-state index contributed by atoms with van der Waals surface area (Å²) < 4.78 is 47.1. The fourth-order valence-corrected chi connectivity index (χ4v) is 3.27. The van der Waals surface area contributed by atoms with E-state index in [0.29, 0.717) is 0 Å². The number of phosphoric ester groups is 2. The van der Waals surface area contributed by atoms with Gasteiger partial charge in [0.1, 0.15) is 18.3 Å². The molecule has 3 unspecified atom stereocenters. The van der Waals surface area contributed by atoms with E-state index in [9.17, 15) is 43.5 Å². The van der Waals surface area contributed by atoms with E-state index in [1.807, 2.05) is 0 Å². The molecule has 3 N–H and O–H groups in total. The minimum absolute atomic E-state index is 0. The second kappa shape index (κ2) is 15.2. The van der Waals surface area contributed by atoms with Gasteiger partial charge in [0.2, 0.25) is 0 Å². The molecule has 1 aliphatic heterocycles. The van der Waals surface area contributed by atoms with Crippen LogP contribution in [0.4, 0.5) is 0 Å². The molecule has 0 spiro atoms. The van der Waals surface area contributed by atoms with Crippen LogP contribution in [0, 0.1) is 0 Å². The summed E-state index contributed by atoms with van der Waals surface area (Å²) in [6.07, 6.45) is -7.85. The van der Waals surface area contributed by atoms with Crippen LogP contribution in [0.25, 0.3) is 0 Å². The summed E-state index contributed by atoms with van der Waals surface area (Å²) in [5, 5.41) is 18.8. The van der Waals surface area contributed by atoms with Crippen LogP contribution in [0.5, 0.6) is 0 Å². The number of hydrogen-bond donors (Lipinski definition) is 3. The van der Waals surface area contributed by atoms with Gasteiger partial charge in [-0.3, -0.25) is 18.0 Å². The molecule has 0 saturated carbocycles. The van der Waals surface area contributed by atoms with Crippen LogP contribution < -0.4 is 138 Å². The van der Waals surface area contributed by atoms with Crippen molar-refractivity contribution in [3.63, 3.8) is 0 Å². The molecule has 0 aromatic heterocycles. The Labute approximate surface area is 236 Å². The predicted octanol–water partition coefficient (Wildman–Crippen LogP) is -16.7. The number of ether oxygens (including phenoxy) is 1. The minimum Gasteiger partial charge on any atom is -0.790 e. The zero-order chi connectivity index (χ0) is 17.3. The van der Waals surface area contributed by atoms with Gasteiger partial charge in [0.25, 0.3) is 15.6 Å². The van der Waals surface area contributed by atoms with Crippen molar-refractivity contribution >= 4 is 23.5 Å². The fourth-order valence-electron chi connectivity index (χ4n) is 1.38. The van der Waals surface area contributed by atoms with Crippen molar-refractivity contribution < 1.29 is 185 Å². The molecule has 132 valence electrons. The Morgan fingerprint density at radius 1 is 0.923 bits per heavy atom. The van der Waals surface area contributed by atoms with E-state index in [-0.39, 0.29) is 118 Å². The van der Waals surface area contributed by atoms with Crippen LogP contribution in [0.15, 0.2) is 0 Å². The van der Waals surface area contributed by atoms with Crippen LogP contribution >= 0.6 is 23.5 Å². The Morgan fingerprint density at radius 3 is 1.77 bits per heavy atom. The van der Waals surface area contributed by atoms with Gasteiger partial charge in [0.05, 0.1) is 14.4 Å². The van der Waals surface area contributed by atoms with Crippen LogP contribution in [-0.4, -0.2) is 46.3 Å². The number of rotatable bonds is 7. The molecule has 26 heavy (non-hydrogen) atoms. The van der Waals surface area contributed by atoms with Gasteiger partial charge in [0, 0.05) is 0 Å². The van der Waals surface area contributed by atoms with Crippen LogP contribution in [0.1, 0.15) is 0 Å². The fraction of sp³-hybridized carbons (Fsp3) is 1.00. The van der Waals surface area contributed by atoms with Crippen molar-refractivity contribution in [3.8, 4) is 0 Å². The predicted molar refractivity (Wildman–Crippen MR) is 53.8 cm³/mol. The molecule has 1 fully saturated rings. The molecule has 0 aliphatic carbocycles. The maximum atomic E-state index is 11.1. The largest absolute Gasteiger partial charge is 1.00 e. The van der Waals surface area contributed by atoms with Gasteiger partial charge < -0.3 is 48.5 Å². The molecule has 1 saturated heterocycles. The molecule has 1 aliphatic rings. The van der Waals surface area contributed by atoms with Crippen molar-refractivity contribution in [2.75, 3.05) is 6.61 Å². The number of aliphatic hydroxyl groups excluding tert-OH is 2. The average molecular weight is 478 g/mol. The Morgan fingerprint density at radius 2 is 1.38 bits per heavy atom. The van der Waals surface area contributed by atoms with Gasteiger partial charge in [-0.05, 0) is 0 Å². The van der Waals surface area contributed by atoms with Gasteiger partial charge in [0.15, 0.2) is 6.29 Å². The van der Waals surface area contributed by atoms with Crippen LogP contribution in [0.2, 0.25) is 0 Å². The molecule has 14 nitrogen and oxygen atoms in total. The molecule has 1 rings (SSSR count). The molecule has 21 heteroatoms. The Balaban J connectivity index is -0.000000605. The summed E-state index contributed by atoms with van der Waals surface area (Å²) in [6.45, 7) is -1.01. The van der Waals surface area contributed by atoms with E-state index in [0.717, 1.165) is 0 Å². The van der Waals surface area contributed by atoms with Gasteiger partial charge >= 0.3 is 118 Å². The van der Waals surface area contributed by atoms with Gasteiger partial charge in [-0.1, -0.05) is 0 Å². The third kappa shape index (κ3) is 15.1. The van der Waals surface area contributed by atoms with E-state index >= 15 is 0 Å². The second-order valence-electron chi connectivity index (χ2n) is 3.87. The Bertz CT molecular complexity index is 537. The van der Waals surface area contributed by atoms with Crippen LogP contribution in [0.3, 0.4) is 0 Å². The second-order valence-corrected chi connectivity index (χ2v) is 7.72. The molecule has 0 aromatic rings. The molecule has 0 radical (unpaired) electrons. The SMILES string of the molecule is O=P([O-])([O-])OP(=O)([O-])OC1O[C@H](COP(=O)([O-])O)[C@@H](O)[C@H]1O.[Na+].[Na+].[Na+].[Na+]. The van der Waals surface area contributed by atoms with Crippen molar-refractivity contribution in [3.05, 3.63) is 0 Å². The maximum Gasteiger partial charge on any atom is 1.00 e. The molecular weight excluding hydrogens is 469 g/mol. The molecule has 1 heterocycles. The van der Waals surface area contributed by atoms with Gasteiger partial charge in [-0.25, -0.2) is 0 Å². The first-order valence-corrected chi connectivity index (χ1v) is 9.55. The van der Waals surface area contributed by atoms with E-state index in [4.69, 9.17) is 4.89 Å². The molecule has 6 atom stereocenters.